The van der Waals surface area contributed by atoms with Gasteiger partial charge in [-0.3, -0.25) is 0 Å². The van der Waals surface area contributed by atoms with Crippen molar-refractivity contribution in [1.29, 1.82) is 0 Å². The Bertz CT molecular complexity index is 1540. The van der Waals surface area contributed by atoms with Gasteiger partial charge in [0.25, 0.3) is 0 Å². The lowest BCUT2D eigenvalue weighted by molar-refractivity contribution is -0.157. The van der Waals surface area contributed by atoms with Gasteiger partial charge in [0.15, 0.2) is 5.79 Å². The molecule has 9 nitrogen and oxygen atoms in total. The summed E-state index contributed by atoms with van der Waals surface area (Å²) in [4.78, 5) is 14.7. The molecule has 5 atom stereocenters. The molecular formula is C29H31N5O4S. The molecule has 1 spiro atoms. The Morgan fingerprint density at radius 3 is 2.79 bits per heavy atom. The summed E-state index contributed by atoms with van der Waals surface area (Å²) in [6.45, 7) is 6.34. The molecule has 4 aromatic rings. The van der Waals surface area contributed by atoms with E-state index < -0.39 is 17.5 Å². The van der Waals surface area contributed by atoms with E-state index in [1.54, 1.807) is 18.4 Å². The van der Waals surface area contributed by atoms with Crippen LogP contribution in [0.15, 0.2) is 48.5 Å². The molecule has 2 aromatic carbocycles. The highest BCUT2D eigenvalue weighted by Crippen LogP contribution is 2.65. The number of nitrogens with one attached hydrogen (secondary N) is 2. The van der Waals surface area contributed by atoms with Crippen molar-refractivity contribution < 1.29 is 19.3 Å². The largest absolute Gasteiger partial charge is 0.497 e. The molecule has 10 heteroatoms. The van der Waals surface area contributed by atoms with Crippen LogP contribution in [0.3, 0.4) is 0 Å². The molecule has 0 bridgehead atoms. The number of anilines is 2. The Morgan fingerprint density at radius 2 is 1.97 bits per heavy atom. The predicted octanol–water partition coefficient (Wildman–Crippen LogP) is 4.75. The van der Waals surface area contributed by atoms with E-state index in [0.717, 1.165) is 44.2 Å². The number of ether oxygens (including phenoxy) is 3. The number of para-hydroxylation sites is 1. The second kappa shape index (κ2) is 8.85. The normalized spacial score (nSPS) is 28.2. The van der Waals surface area contributed by atoms with Crippen molar-refractivity contribution in [2.24, 2.45) is 5.92 Å². The molecule has 0 radical (unpaired) electrons. The van der Waals surface area contributed by atoms with Crippen molar-refractivity contribution in [1.82, 2.24) is 15.0 Å². The van der Waals surface area contributed by atoms with Crippen LogP contribution in [0, 0.1) is 12.8 Å². The second-order valence-electron chi connectivity index (χ2n) is 11.0. The average molecular weight is 546 g/mol. The number of rotatable bonds is 7. The van der Waals surface area contributed by atoms with Crippen molar-refractivity contribution in [3.8, 4) is 16.3 Å². The standard InChI is InChI=1S/C29H31N5O4S/c1-15-22(26-33-19-10-5-6-11-21(19)39-26)25(34-27(31-15)30-14-16-8-7-9-17(12-16)36-4)32-20-13-18-23(35)29(18)24(20)37-28(2,3)38-29/h5-12,18,20,23-24,35H,13-14H2,1-4H3,(H2,30,31,32,34). The molecule has 2 saturated carbocycles. The molecule has 3 heterocycles. The topological polar surface area (TPSA) is 111 Å². The van der Waals surface area contributed by atoms with Gasteiger partial charge in [-0.25, -0.2) is 9.97 Å². The maximum absolute atomic E-state index is 10.7. The van der Waals surface area contributed by atoms with Gasteiger partial charge in [-0.05, 0) is 57.0 Å². The minimum absolute atomic E-state index is 0.0428. The smallest absolute Gasteiger partial charge is 0.225 e. The molecule has 0 amide bonds. The van der Waals surface area contributed by atoms with Crippen molar-refractivity contribution >= 4 is 33.3 Å². The number of hydrogen-bond acceptors (Lipinski definition) is 10. The molecule has 5 unspecified atom stereocenters. The molecule has 1 saturated heterocycles. The monoisotopic (exact) mass is 545 g/mol. The number of nitrogens with zero attached hydrogens (tertiary/aromatic N) is 3. The van der Waals surface area contributed by atoms with Crippen LogP contribution in [0.2, 0.25) is 0 Å². The molecule has 39 heavy (non-hydrogen) atoms. The van der Waals surface area contributed by atoms with Crippen LogP contribution < -0.4 is 15.4 Å². The molecule has 2 aliphatic carbocycles. The molecule has 2 aromatic heterocycles. The Labute approximate surface area is 230 Å². The van der Waals surface area contributed by atoms with Crippen LogP contribution in [-0.4, -0.2) is 56.8 Å². The minimum atomic E-state index is -0.748. The highest BCUT2D eigenvalue weighted by atomic mass is 32.1. The highest BCUT2D eigenvalue weighted by Gasteiger charge is 2.81. The fraction of sp³-hybridized carbons (Fsp3) is 0.414. The number of aryl methyl sites for hydroxylation is 1. The van der Waals surface area contributed by atoms with E-state index in [9.17, 15) is 5.11 Å². The number of aliphatic hydroxyl groups is 1. The molecule has 3 fully saturated rings. The van der Waals surface area contributed by atoms with E-state index in [2.05, 4.69) is 16.7 Å². The van der Waals surface area contributed by atoms with Crippen LogP contribution in [0.5, 0.6) is 5.75 Å². The Balaban J connectivity index is 1.24. The summed E-state index contributed by atoms with van der Waals surface area (Å²) in [5, 5.41) is 18.6. The Hall–Kier alpha value is -3.31. The van der Waals surface area contributed by atoms with E-state index in [4.69, 9.17) is 29.2 Å². The molecular weight excluding hydrogens is 514 g/mol. The average Bonchev–Trinajstić information content (AvgIpc) is 3.26. The van der Waals surface area contributed by atoms with Crippen molar-refractivity contribution in [3.05, 3.63) is 59.8 Å². The van der Waals surface area contributed by atoms with Gasteiger partial charge >= 0.3 is 0 Å². The zero-order chi connectivity index (χ0) is 26.9. The summed E-state index contributed by atoms with van der Waals surface area (Å²) >= 11 is 1.62. The Morgan fingerprint density at radius 1 is 1.13 bits per heavy atom. The summed E-state index contributed by atoms with van der Waals surface area (Å²) in [7, 11) is 1.66. The van der Waals surface area contributed by atoms with E-state index in [-0.39, 0.29) is 18.1 Å². The first kappa shape index (κ1) is 24.7. The van der Waals surface area contributed by atoms with Gasteiger partial charge in [0.1, 0.15) is 28.3 Å². The van der Waals surface area contributed by atoms with Crippen LogP contribution in [0.4, 0.5) is 11.8 Å². The molecule has 202 valence electrons. The van der Waals surface area contributed by atoms with Gasteiger partial charge in [0, 0.05) is 12.5 Å². The number of thiazole rings is 1. The lowest BCUT2D eigenvalue weighted by Gasteiger charge is -2.26. The van der Waals surface area contributed by atoms with Crippen LogP contribution in [0.1, 0.15) is 31.5 Å². The highest BCUT2D eigenvalue weighted by molar-refractivity contribution is 7.21. The first-order valence-corrected chi connectivity index (χ1v) is 14.0. The fourth-order valence-electron chi connectivity index (χ4n) is 6.23. The molecule has 1 aliphatic heterocycles. The SMILES string of the molecule is COc1cccc(CNc2nc(C)c(-c3nc4ccccc4s3)c(NC3CC4C(O)C45OC(C)(C)OC35)n2)c1. The zero-order valence-electron chi connectivity index (χ0n) is 22.3. The number of aromatic nitrogens is 3. The van der Waals surface area contributed by atoms with Crippen molar-refractivity contribution in [2.45, 2.75) is 63.4 Å². The number of methoxy groups -OCH3 is 1. The van der Waals surface area contributed by atoms with Gasteiger partial charge in [0.2, 0.25) is 5.95 Å². The van der Waals surface area contributed by atoms with Crippen molar-refractivity contribution in [3.63, 3.8) is 0 Å². The fourth-order valence-corrected chi connectivity index (χ4v) is 7.29. The summed E-state index contributed by atoms with van der Waals surface area (Å²) in [5.74, 6) is 1.31. The zero-order valence-corrected chi connectivity index (χ0v) is 23.1. The molecule has 3 N–H and O–H groups in total. The van der Waals surface area contributed by atoms with Crippen molar-refractivity contribution in [2.75, 3.05) is 17.7 Å². The van der Waals surface area contributed by atoms with Crippen LogP contribution in [-0.2, 0) is 16.0 Å². The lowest BCUT2D eigenvalue weighted by atomic mass is 10.1. The first-order valence-electron chi connectivity index (χ1n) is 13.2. The number of benzene rings is 2. The minimum Gasteiger partial charge on any atom is -0.497 e. The number of fused-ring (bicyclic) bond motifs is 1. The van der Waals surface area contributed by atoms with Gasteiger partial charge < -0.3 is 30.0 Å². The van der Waals surface area contributed by atoms with E-state index in [1.807, 2.05) is 63.2 Å². The van der Waals surface area contributed by atoms with E-state index in [1.165, 1.54) is 0 Å². The number of aliphatic hydroxyl groups excluding tert-OH is 1. The summed E-state index contributed by atoms with van der Waals surface area (Å²) in [6, 6.07) is 15.9. The third kappa shape index (κ3) is 4.05. The summed E-state index contributed by atoms with van der Waals surface area (Å²) in [5.41, 5.74) is 3.05. The van der Waals surface area contributed by atoms with Gasteiger partial charge in [-0.2, -0.15) is 4.98 Å². The third-order valence-electron chi connectivity index (χ3n) is 7.97. The van der Waals surface area contributed by atoms with Gasteiger partial charge in [-0.15, -0.1) is 11.3 Å². The summed E-state index contributed by atoms with van der Waals surface area (Å²) < 4.78 is 19.0. The van der Waals surface area contributed by atoms with Gasteiger partial charge in [0.05, 0.1) is 40.7 Å². The predicted molar refractivity (Wildman–Crippen MR) is 150 cm³/mol. The molecule has 3 aliphatic rings. The van der Waals surface area contributed by atoms with Crippen LogP contribution >= 0.6 is 11.3 Å². The molecule has 7 rings (SSSR count). The van der Waals surface area contributed by atoms with E-state index >= 15 is 0 Å². The van der Waals surface area contributed by atoms with Gasteiger partial charge in [-0.1, -0.05) is 24.3 Å². The lowest BCUT2D eigenvalue weighted by Crippen LogP contribution is -2.40. The second-order valence-corrected chi connectivity index (χ2v) is 12.0. The third-order valence-corrected chi connectivity index (χ3v) is 9.02. The quantitative estimate of drug-likeness (QED) is 0.303. The summed E-state index contributed by atoms with van der Waals surface area (Å²) in [6.07, 6.45) is -0.0472. The maximum atomic E-state index is 10.7. The first-order chi connectivity index (χ1) is 18.8. The van der Waals surface area contributed by atoms with E-state index in [0.29, 0.717) is 18.3 Å². The van der Waals surface area contributed by atoms with Crippen LogP contribution in [0.25, 0.3) is 20.8 Å². The Kier molecular flexibility index (Phi) is 5.61. The number of hydrogen-bond donors (Lipinski definition) is 3. The maximum Gasteiger partial charge on any atom is 0.225 e.